The Balaban J connectivity index is 1.23. The largest absolute Gasteiger partial charge is 0.486 e. The first-order valence-electron chi connectivity index (χ1n) is 11.8. The third kappa shape index (κ3) is 4.36. The number of hydrogen-bond acceptors (Lipinski definition) is 6. The van der Waals surface area contributed by atoms with Crippen LogP contribution in [-0.2, 0) is 19.6 Å². The van der Waals surface area contributed by atoms with E-state index in [4.69, 9.17) is 9.47 Å². The Morgan fingerprint density at radius 2 is 1.60 bits per heavy atom. The van der Waals surface area contributed by atoms with E-state index in [1.165, 1.54) is 16.4 Å². The molecule has 2 saturated heterocycles. The van der Waals surface area contributed by atoms with Crippen LogP contribution in [0.4, 0.5) is 5.69 Å². The number of rotatable bonds is 4. The number of carbonyl (C=O) groups is 2. The van der Waals surface area contributed by atoms with Crippen molar-refractivity contribution >= 4 is 27.5 Å². The molecule has 0 N–H and O–H groups in total. The second-order valence-electron chi connectivity index (χ2n) is 9.13. The predicted octanol–water partition coefficient (Wildman–Crippen LogP) is 1.96. The van der Waals surface area contributed by atoms with Crippen molar-refractivity contribution in [2.24, 2.45) is 5.92 Å². The van der Waals surface area contributed by atoms with Crippen LogP contribution in [0.1, 0.15) is 17.5 Å². The van der Waals surface area contributed by atoms with Gasteiger partial charge in [-0.05, 0) is 55.7 Å². The van der Waals surface area contributed by atoms with Gasteiger partial charge in [0.05, 0.1) is 4.90 Å². The number of nitrogens with zero attached hydrogens (tertiary/aromatic N) is 3. The SMILES string of the molecule is Cc1ccc(N2CCC(C(=O)N3CCN(S(=O)(=O)c4ccc5c(c4)OCCO5)CC3)C2=O)cc1C. The van der Waals surface area contributed by atoms with Gasteiger partial charge in [0.25, 0.3) is 0 Å². The highest BCUT2D eigenvalue weighted by atomic mass is 32.2. The summed E-state index contributed by atoms with van der Waals surface area (Å²) in [6.07, 6.45) is 0.459. The van der Waals surface area contributed by atoms with E-state index < -0.39 is 15.9 Å². The van der Waals surface area contributed by atoms with Gasteiger partial charge in [0.15, 0.2) is 11.5 Å². The van der Waals surface area contributed by atoms with Gasteiger partial charge in [0.2, 0.25) is 21.8 Å². The summed E-state index contributed by atoms with van der Waals surface area (Å²) in [5.74, 6) is -0.194. The lowest BCUT2D eigenvalue weighted by atomic mass is 10.1. The average molecular weight is 500 g/mol. The van der Waals surface area contributed by atoms with E-state index in [1.807, 2.05) is 32.0 Å². The topological polar surface area (TPSA) is 96.5 Å². The van der Waals surface area contributed by atoms with E-state index in [2.05, 4.69) is 0 Å². The van der Waals surface area contributed by atoms with E-state index in [0.717, 1.165) is 16.8 Å². The van der Waals surface area contributed by atoms with Gasteiger partial charge in [-0.3, -0.25) is 9.59 Å². The molecule has 0 radical (unpaired) electrons. The number of amides is 2. The van der Waals surface area contributed by atoms with Crippen molar-refractivity contribution in [1.82, 2.24) is 9.21 Å². The zero-order valence-corrected chi connectivity index (χ0v) is 20.7. The number of fused-ring (bicyclic) bond motifs is 1. The first-order chi connectivity index (χ1) is 16.8. The standard InChI is InChI=1S/C25H29N3O6S/c1-17-3-4-19(15-18(17)2)28-8-7-21(25(28)30)24(29)26-9-11-27(12-10-26)35(31,32)20-5-6-22-23(16-20)34-14-13-33-22/h3-6,15-16,21H,7-14H2,1-2H3. The fourth-order valence-electron chi connectivity index (χ4n) is 4.76. The van der Waals surface area contributed by atoms with Gasteiger partial charge in [0.1, 0.15) is 19.1 Å². The van der Waals surface area contributed by atoms with E-state index in [1.54, 1.807) is 15.9 Å². The van der Waals surface area contributed by atoms with E-state index in [0.29, 0.717) is 37.7 Å². The Kier molecular flexibility index (Phi) is 6.18. The van der Waals surface area contributed by atoms with Gasteiger partial charge in [-0.25, -0.2) is 8.42 Å². The zero-order valence-electron chi connectivity index (χ0n) is 19.9. The quantitative estimate of drug-likeness (QED) is 0.597. The molecule has 0 aliphatic carbocycles. The molecule has 2 aromatic rings. The van der Waals surface area contributed by atoms with Crippen LogP contribution in [0, 0.1) is 19.8 Å². The smallest absolute Gasteiger partial charge is 0.243 e. The Bertz CT molecular complexity index is 1270. The summed E-state index contributed by atoms with van der Waals surface area (Å²) in [6, 6.07) is 10.5. The number of anilines is 1. The highest BCUT2D eigenvalue weighted by Crippen LogP contribution is 2.34. The summed E-state index contributed by atoms with van der Waals surface area (Å²) in [5.41, 5.74) is 3.06. The third-order valence-electron chi connectivity index (χ3n) is 7.01. The van der Waals surface area contributed by atoms with Gasteiger partial charge in [-0.1, -0.05) is 6.07 Å². The molecular formula is C25H29N3O6S. The molecule has 2 amide bonds. The van der Waals surface area contributed by atoms with Crippen molar-refractivity contribution in [3.8, 4) is 11.5 Å². The average Bonchev–Trinajstić information content (AvgIpc) is 3.26. The first kappa shape index (κ1) is 23.6. The number of aryl methyl sites for hydroxylation is 2. The lowest BCUT2D eigenvalue weighted by Crippen LogP contribution is -2.52. The molecule has 2 aromatic carbocycles. The monoisotopic (exact) mass is 499 g/mol. The van der Waals surface area contributed by atoms with Gasteiger partial charge in [-0.15, -0.1) is 0 Å². The molecule has 3 aliphatic heterocycles. The zero-order chi connectivity index (χ0) is 24.7. The van der Waals surface area contributed by atoms with Crippen molar-refractivity contribution in [1.29, 1.82) is 0 Å². The summed E-state index contributed by atoms with van der Waals surface area (Å²) in [5, 5.41) is 0. The second kappa shape index (κ2) is 9.16. The highest BCUT2D eigenvalue weighted by molar-refractivity contribution is 7.89. The maximum absolute atomic E-state index is 13.2. The normalized spacial score (nSPS) is 20.9. The summed E-state index contributed by atoms with van der Waals surface area (Å²) in [7, 11) is -3.74. The molecule has 0 spiro atoms. The number of ether oxygens (including phenoxy) is 2. The molecule has 10 heteroatoms. The minimum atomic E-state index is -3.74. The van der Waals surface area contributed by atoms with Crippen molar-refractivity contribution in [2.45, 2.75) is 25.2 Å². The molecule has 3 aliphatic rings. The summed E-state index contributed by atoms with van der Waals surface area (Å²) >= 11 is 0. The Labute approximate surface area is 205 Å². The first-order valence-corrected chi connectivity index (χ1v) is 13.3. The number of piperazine rings is 1. The molecule has 3 heterocycles. The third-order valence-corrected chi connectivity index (χ3v) is 8.90. The molecule has 35 heavy (non-hydrogen) atoms. The fourth-order valence-corrected chi connectivity index (χ4v) is 6.20. The van der Waals surface area contributed by atoms with Crippen LogP contribution in [0.3, 0.4) is 0 Å². The number of sulfonamides is 1. The molecular weight excluding hydrogens is 470 g/mol. The molecule has 0 aromatic heterocycles. The minimum absolute atomic E-state index is 0.136. The summed E-state index contributed by atoms with van der Waals surface area (Å²) < 4.78 is 38.7. The second-order valence-corrected chi connectivity index (χ2v) is 11.1. The predicted molar refractivity (Wildman–Crippen MR) is 129 cm³/mol. The van der Waals surface area contributed by atoms with E-state index in [-0.39, 0.29) is 42.9 Å². The molecule has 1 unspecified atom stereocenters. The van der Waals surface area contributed by atoms with E-state index in [9.17, 15) is 18.0 Å². The maximum atomic E-state index is 13.2. The lowest BCUT2D eigenvalue weighted by molar-refractivity contribution is -0.140. The van der Waals surface area contributed by atoms with Crippen LogP contribution in [0.2, 0.25) is 0 Å². The highest BCUT2D eigenvalue weighted by Gasteiger charge is 2.41. The molecule has 5 rings (SSSR count). The van der Waals surface area contributed by atoms with Gasteiger partial charge >= 0.3 is 0 Å². The molecule has 0 saturated carbocycles. The van der Waals surface area contributed by atoms with Crippen LogP contribution >= 0.6 is 0 Å². The van der Waals surface area contributed by atoms with Crippen molar-refractivity contribution in [3.63, 3.8) is 0 Å². The van der Waals surface area contributed by atoms with Crippen molar-refractivity contribution in [3.05, 3.63) is 47.5 Å². The van der Waals surface area contributed by atoms with Crippen LogP contribution in [0.25, 0.3) is 0 Å². The number of benzene rings is 2. The molecule has 2 fully saturated rings. The van der Waals surface area contributed by atoms with Crippen LogP contribution in [-0.4, -0.2) is 75.4 Å². The fraction of sp³-hybridized carbons (Fsp3) is 0.440. The molecule has 186 valence electrons. The van der Waals surface area contributed by atoms with E-state index >= 15 is 0 Å². The van der Waals surface area contributed by atoms with Crippen LogP contribution in [0.15, 0.2) is 41.3 Å². The van der Waals surface area contributed by atoms with Crippen molar-refractivity contribution in [2.75, 3.05) is 50.8 Å². The van der Waals surface area contributed by atoms with Crippen LogP contribution < -0.4 is 14.4 Å². The Morgan fingerprint density at radius 1 is 0.886 bits per heavy atom. The Morgan fingerprint density at radius 3 is 2.31 bits per heavy atom. The lowest BCUT2D eigenvalue weighted by Gasteiger charge is -2.35. The van der Waals surface area contributed by atoms with Crippen molar-refractivity contribution < 1.29 is 27.5 Å². The summed E-state index contributed by atoms with van der Waals surface area (Å²) in [6.45, 7) is 6.15. The van der Waals surface area contributed by atoms with Gasteiger partial charge in [0, 0.05) is 44.5 Å². The maximum Gasteiger partial charge on any atom is 0.243 e. The summed E-state index contributed by atoms with van der Waals surface area (Å²) in [4.78, 5) is 29.7. The minimum Gasteiger partial charge on any atom is -0.486 e. The number of carbonyl (C=O) groups excluding carboxylic acids is 2. The molecule has 9 nitrogen and oxygen atoms in total. The van der Waals surface area contributed by atoms with Gasteiger partial charge in [-0.2, -0.15) is 4.31 Å². The van der Waals surface area contributed by atoms with Crippen LogP contribution in [0.5, 0.6) is 11.5 Å². The van der Waals surface area contributed by atoms with Gasteiger partial charge < -0.3 is 19.3 Å². The number of hydrogen-bond donors (Lipinski definition) is 0. The molecule has 0 bridgehead atoms. The Hall–Kier alpha value is -3.11. The molecule has 1 atom stereocenters.